The van der Waals surface area contributed by atoms with Crippen molar-refractivity contribution in [1.29, 1.82) is 0 Å². The number of aliphatic hydroxyl groups is 1. The van der Waals surface area contributed by atoms with E-state index in [0.717, 1.165) is 11.8 Å². The highest BCUT2D eigenvalue weighted by atomic mass is 19.1. The Kier molecular flexibility index (Phi) is 4.01. The van der Waals surface area contributed by atoms with E-state index < -0.39 is 0 Å². The van der Waals surface area contributed by atoms with Crippen molar-refractivity contribution in [2.24, 2.45) is 0 Å². The fraction of sp³-hybridized carbons (Fsp3) is 0.182. The molecular formula is C11H11FO2. The lowest BCUT2D eigenvalue weighted by Gasteiger charge is -2.01. The van der Waals surface area contributed by atoms with Crippen molar-refractivity contribution in [3.63, 3.8) is 0 Å². The van der Waals surface area contributed by atoms with Gasteiger partial charge in [0.25, 0.3) is 0 Å². The molecule has 2 nitrogen and oxygen atoms in total. The van der Waals surface area contributed by atoms with Gasteiger partial charge in [-0.25, -0.2) is 4.39 Å². The third-order valence-electron chi connectivity index (χ3n) is 1.81. The number of carbonyl (C=O) groups is 1. The third kappa shape index (κ3) is 2.78. The van der Waals surface area contributed by atoms with E-state index in [1.54, 1.807) is 18.2 Å². The Balaban J connectivity index is 2.90. The third-order valence-corrected chi connectivity index (χ3v) is 1.81. The van der Waals surface area contributed by atoms with Gasteiger partial charge in [-0.05, 0) is 23.3 Å². The number of rotatable bonds is 4. The standard InChI is InChI=1S/C11H11FO2/c12-11-5-4-9(3-1-2-6-13)10(7-11)8-14/h1,3-7,14H,2,8H2. The smallest absolute Gasteiger partial charge is 0.123 e. The van der Waals surface area contributed by atoms with Crippen molar-refractivity contribution < 1.29 is 14.3 Å². The lowest BCUT2D eigenvalue weighted by molar-refractivity contribution is -0.107. The summed E-state index contributed by atoms with van der Waals surface area (Å²) in [6.07, 6.45) is 4.46. The molecule has 0 spiro atoms. The SMILES string of the molecule is O=CCC=Cc1ccc(F)cc1CO. The maximum Gasteiger partial charge on any atom is 0.123 e. The second-order valence-electron chi connectivity index (χ2n) is 2.81. The highest BCUT2D eigenvalue weighted by molar-refractivity contribution is 5.59. The van der Waals surface area contributed by atoms with Crippen LogP contribution in [0, 0.1) is 5.82 Å². The Labute approximate surface area is 81.7 Å². The summed E-state index contributed by atoms with van der Waals surface area (Å²) in [6, 6.07) is 4.17. The maximum atomic E-state index is 12.7. The molecular weight excluding hydrogens is 183 g/mol. The first-order chi connectivity index (χ1) is 6.77. The van der Waals surface area contributed by atoms with Gasteiger partial charge in [0.15, 0.2) is 0 Å². The summed E-state index contributed by atoms with van der Waals surface area (Å²) in [5.74, 6) is -0.374. The molecule has 0 aromatic heterocycles. The molecule has 0 bridgehead atoms. The van der Waals surface area contributed by atoms with Gasteiger partial charge < -0.3 is 9.90 Å². The molecule has 1 rings (SSSR count). The van der Waals surface area contributed by atoms with E-state index in [9.17, 15) is 9.18 Å². The van der Waals surface area contributed by atoms with Crippen molar-refractivity contribution in [1.82, 2.24) is 0 Å². The molecule has 0 heterocycles. The Morgan fingerprint density at radius 3 is 2.86 bits per heavy atom. The monoisotopic (exact) mass is 194 g/mol. The molecule has 1 aromatic rings. The van der Waals surface area contributed by atoms with Crippen LogP contribution in [0.1, 0.15) is 17.5 Å². The predicted octanol–water partition coefficient (Wildman–Crippen LogP) is 1.92. The van der Waals surface area contributed by atoms with Crippen LogP contribution in [0.3, 0.4) is 0 Å². The fourth-order valence-corrected chi connectivity index (χ4v) is 1.12. The average Bonchev–Trinajstić information content (AvgIpc) is 2.20. The number of benzene rings is 1. The number of hydrogen-bond donors (Lipinski definition) is 1. The van der Waals surface area contributed by atoms with Crippen LogP contribution in [0.2, 0.25) is 0 Å². The van der Waals surface area contributed by atoms with Crippen molar-refractivity contribution >= 4 is 12.4 Å². The van der Waals surface area contributed by atoms with E-state index in [-0.39, 0.29) is 12.4 Å². The number of carbonyl (C=O) groups excluding carboxylic acids is 1. The zero-order valence-corrected chi connectivity index (χ0v) is 7.61. The fourth-order valence-electron chi connectivity index (χ4n) is 1.12. The minimum Gasteiger partial charge on any atom is -0.392 e. The first-order valence-corrected chi connectivity index (χ1v) is 4.27. The molecule has 14 heavy (non-hydrogen) atoms. The summed E-state index contributed by atoms with van der Waals surface area (Å²) >= 11 is 0. The van der Waals surface area contributed by atoms with Crippen molar-refractivity contribution in [2.75, 3.05) is 0 Å². The Hall–Kier alpha value is -1.48. The van der Waals surface area contributed by atoms with Gasteiger partial charge in [0.1, 0.15) is 12.1 Å². The molecule has 0 fully saturated rings. The van der Waals surface area contributed by atoms with Crippen molar-refractivity contribution in [3.05, 3.63) is 41.2 Å². The van der Waals surface area contributed by atoms with Gasteiger partial charge >= 0.3 is 0 Å². The van der Waals surface area contributed by atoms with Crippen LogP contribution in [0.5, 0.6) is 0 Å². The number of halogens is 1. The zero-order chi connectivity index (χ0) is 10.4. The van der Waals surface area contributed by atoms with Gasteiger partial charge in [-0.2, -0.15) is 0 Å². The molecule has 0 radical (unpaired) electrons. The molecule has 74 valence electrons. The van der Waals surface area contributed by atoms with Crippen LogP contribution in [0.25, 0.3) is 6.08 Å². The summed E-state index contributed by atoms with van der Waals surface area (Å²) in [7, 11) is 0. The van der Waals surface area contributed by atoms with Crippen LogP contribution in [0.4, 0.5) is 4.39 Å². The van der Waals surface area contributed by atoms with E-state index in [1.165, 1.54) is 12.1 Å². The summed E-state index contributed by atoms with van der Waals surface area (Å²) < 4.78 is 12.7. The minimum absolute atomic E-state index is 0.210. The molecule has 0 unspecified atom stereocenters. The van der Waals surface area contributed by atoms with Gasteiger partial charge in [0, 0.05) is 6.42 Å². The van der Waals surface area contributed by atoms with Crippen LogP contribution in [-0.2, 0) is 11.4 Å². The molecule has 0 aliphatic heterocycles. The highest BCUT2D eigenvalue weighted by Gasteiger charge is 1.99. The van der Waals surface area contributed by atoms with E-state index in [4.69, 9.17) is 5.11 Å². The summed E-state index contributed by atoms with van der Waals surface area (Å²) in [6.45, 7) is -0.210. The van der Waals surface area contributed by atoms with Crippen LogP contribution in [0.15, 0.2) is 24.3 Å². The Bertz CT molecular complexity index is 345. The number of hydrogen-bond acceptors (Lipinski definition) is 2. The Morgan fingerprint density at radius 1 is 1.43 bits per heavy atom. The molecule has 1 N–H and O–H groups in total. The maximum absolute atomic E-state index is 12.7. The van der Waals surface area contributed by atoms with Crippen LogP contribution < -0.4 is 0 Å². The first-order valence-electron chi connectivity index (χ1n) is 4.27. The normalized spacial score (nSPS) is 10.7. The van der Waals surface area contributed by atoms with Gasteiger partial charge in [-0.3, -0.25) is 0 Å². The molecule has 0 atom stereocenters. The Morgan fingerprint density at radius 2 is 2.21 bits per heavy atom. The molecule has 1 aromatic carbocycles. The topological polar surface area (TPSA) is 37.3 Å². The molecule has 0 saturated carbocycles. The van der Waals surface area contributed by atoms with Crippen LogP contribution in [-0.4, -0.2) is 11.4 Å². The lowest BCUT2D eigenvalue weighted by atomic mass is 10.1. The first kappa shape index (κ1) is 10.6. The number of aldehydes is 1. The lowest BCUT2D eigenvalue weighted by Crippen LogP contribution is -1.89. The van der Waals surface area contributed by atoms with Gasteiger partial charge in [-0.1, -0.05) is 18.2 Å². The molecule has 0 aliphatic carbocycles. The summed E-state index contributed by atoms with van der Waals surface area (Å²) in [4.78, 5) is 10.0. The summed E-state index contributed by atoms with van der Waals surface area (Å²) in [5, 5.41) is 8.93. The van der Waals surface area contributed by atoms with Gasteiger partial charge in [0.05, 0.1) is 6.61 Å². The molecule has 0 aliphatic rings. The highest BCUT2D eigenvalue weighted by Crippen LogP contribution is 2.13. The van der Waals surface area contributed by atoms with E-state index in [0.29, 0.717) is 12.0 Å². The van der Waals surface area contributed by atoms with E-state index >= 15 is 0 Å². The number of aliphatic hydroxyl groups excluding tert-OH is 1. The largest absolute Gasteiger partial charge is 0.392 e. The average molecular weight is 194 g/mol. The van der Waals surface area contributed by atoms with Crippen molar-refractivity contribution in [2.45, 2.75) is 13.0 Å². The second-order valence-corrected chi connectivity index (χ2v) is 2.81. The predicted molar refractivity (Wildman–Crippen MR) is 52.0 cm³/mol. The van der Waals surface area contributed by atoms with Gasteiger partial charge in [0.2, 0.25) is 0 Å². The van der Waals surface area contributed by atoms with E-state index in [2.05, 4.69) is 0 Å². The van der Waals surface area contributed by atoms with Crippen LogP contribution >= 0.6 is 0 Å². The molecule has 0 saturated heterocycles. The molecule has 0 amide bonds. The molecule has 3 heteroatoms. The van der Waals surface area contributed by atoms with Gasteiger partial charge in [-0.15, -0.1) is 0 Å². The van der Waals surface area contributed by atoms with E-state index in [1.807, 2.05) is 0 Å². The minimum atomic E-state index is -0.374. The second kappa shape index (κ2) is 5.29. The quantitative estimate of drug-likeness (QED) is 0.743. The summed E-state index contributed by atoms with van der Waals surface area (Å²) in [5.41, 5.74) is 1.25. The number of allylic oxidation sites excluding steroid dienone is 1. The zero-order valence-electron chi connectivity index (χ0n) is 7.61. The van der Waals surface area contributed by atoms with Crippen molar-refractivity contribution in [3.8, 4) is 0 Å².